The van der Waals surface area contributed by atoms with Crippen molar-refractivity contribution in [2.75, 3.05) is 25.0 Å². The van der Waals surface area contributed by atoms with E-state index in [-0.39, 0.29) is 6.04 Å². The third-order valence-electron chi connectivity index (χ3n) is 5.66. The molecule has 0 aliphatic carbocycles. The van der Waals surface area contributed by atoms with E-state index < -0.39 is 0 Å². The second-order valence-electron chi connectivity index (χ2n) is 7.73. The Kier molecular flexibility index (Phi) is 6.56. The number of aryl methyl sites for hydroxylation is 1. The molecule has 3 aromatic rings. The summed E-state index contributed by atoms with van der Waals surface area (Å²) in [5.74, 6) is 1.40. The molecule has 2 aromatic heterocycles. The summed E-state index contributed by atoms with van der Waals surface area (Å²) in [4.78, 5) is 11.2. The van der Waals surface area contributed by atoms with E-state index in [1.807, 2.05) is 18.2 Å². The van der Waals surface area contributed by atoms with Gasteiger partial charge in [-0.25, -0.2) is 9.97 Å². The number of nitrogens with two attached hydrogens (primary N) is 1. The molecule has 1 fully saturated rings. The Balaban J connectivity index is 1.28. The number of likely N-dealkylation sites (tertiary alicyclic amines) is 1. The highest BCUT2D eigenvalue weighted by Crippen LogP contribution is 2.29. The molecule has 5 nitrogen and oxygen atoms in total. The van der Waals surface area contributed by atoms with Gasteiger partial charge in [-0.3, -0.25) is 4.90 Å². The van der Waals surface area contributed by atoms with Crippen molar-refractivity contribution in [2.24, 2.45) is 11.7 Å². The highest BCUT2D eigenvalue weighted by molar-refractivity contribution is 7.18. The second kappa shape index (κ2) is 9.14. The molecule has 3 N–H and O–H groups in total. The van der Waals surface area contributed by atoms with Crippen LogP contribution in [0.2, 0.25) is 10.0 Å². The average Bonchev–Trinajstić information content (AvgIpc) is 3.11. The number of piperidine rings is 1. The highest BCUT2D eigenvalue weighted by Gasteiger charge is 2.24. The van der Waals surface area contributed by atoms with Crippen molar-refractivity contribution in [1.82, 2.24) is 14.9 Å². The minimum Gasteiger partial charge on any atom is -0.367 e. The van der Waals surface area contributed by atoms with Gasteiger partial charge in [-0.05, 0) is 67.4 Å². The molecule has 0 saturated carbocycles. The van der Waals surface area contributed by atoms with Crippen molar-refractivity contribution >= 4 is 50.6 Å². The summed E-state index contributed by atoms with van der Waals surface area (Å²) < 4.78 is 1.11. The van der Waals surface area contributed by atoms with Crippen molar-refractivity contribution in [2.45, 2.75) is 32.4 Å². The zero-order valence-electron chi connectivity index (χ0n) is 16.4. The number of rotatable bonds is 6. The SMILES string of the molecule is Cc1csc2c(NCC(N)C3CCN(Cc4ccc(Cl)c(Cl)c4)CC3)ncnc12. The van der Waals surface area contributed by atoms with Gasteiger partial charge in [0.05, 0.1) is 20.3 Å². The second-order valence-corrected chi connectivity index (χ2v) is 9.42. The monoisotopic (exact) mass is 449 g/mol. The number of anilines is 1. The molecule has 8 heteroatoms. The Hall–Kier alpha value is -1.44. The summed E-state index contributed by atoms with van der Waals surface area (Å²) in [5.41, 5.74) is 9.94. The van der Waals surface area contributed by atoms with Crippen LogP contribution in [0, 0.1) is 12.8 Å². The Morgan fingerprint density at radius 2 is 2.03 bits per heavy atom. The van der Waals surface area contributed by atoms with E-state index in [1.54, 1.807) is 17.7 Å². The molecule has 1 unspecified atom stereocenters. The summed E-state index contributed by atoms with van der Waals surface area (Å²) >= 11 is 13.8. The van der Waals surface area contributed by atoms with Crippen LogP contribution in [-0.2, 0) is 6.54 Å². The fraction of sp³-hybridized carbons (Fsp3) is 0.429. The molecule has 29 heavy (non-hydrogen) atoms. The molecular formula is C21H25Cl2N5S. The minimum atomic E-state index is 0.105. The van der Waals surface area contributed by atoms with E-state index in [1.165, 1.54) is 11.1 Å². The number of hydrogen-bond acceptors (Lipinski definition) is 6. The Labute approximate surface area is 185 Å². The standard InChI is InChI=1S/C21H25Cl2N5S/c1-13-11-29-20-19(13)26-12-27-21(20)25-9-18(24)15-4-6-28(7-5-15)10-14-2-3-16(22)17(23)8-14/h2-3,8,11-12,15,18H,4-7,9-10,24H2,1H3,(H,25,26,27). The van der Waals surface area contributed by atoms with Crippen LogP contribution in [0.3, 0.4) is 0 Å². The van der Waals surface area contributed by atoms with Gasteiger partial charge in [0.15, 0.2) is 0 Å². The maximum absolute atomic E-state index is 6.53. The molecule has 4 rings (SSSR count). The summed E-state index contributed by atoms with van der Waals surface area (Å²) in [6.45, 7) is 5.78. The van der Waals surface area contributed by atoms with Crippen molar-refractivity contribution < 1.29 is 0 Å². The zero-order valence-corrected chi connectivity index (χ0v) is 18.7. The summed E-state index contributed by atoms with van der Waals surface area (Å²) in [5, 5.41) is 6.79. The van der Waals surface area contributed by atoms with Crippen LogP contribution in [0.15, 0.2) is 29.9 Å². The van der Waals surface area contributed by atoms with Crippen molar-refractivity contribution in [3.05, 3.63) is 51.1 Å². The van der Waals surface area contributed by atoms with Gasteiger partial charge < -0.3 is 11.1 Å². The summed E-state index contributed by atoms with van der Waals surface area (Å²) in [6.07, 6.45) is 3.82. The largest absolute Gasteiger partial charge is 0.367 e. The predicted molar refractivity (Wildman–Crippen MR) is 123 cm³/mol. The lowest BCUT2D eigenvalue weighted by Gasteiger charge is -2.35. The zero-order chi connectivity index (χ0) is 20.4. The highest BCUT2D eigenvalue weighted by atomic mass is 35.5. The van der Waals surface area contributed by atoms with Gasteiger partial charge in [0.25, 0.3) is 0 Å². The number of nitrogens with one attached hydrogen (secondary N) is 1. The Bertz CT molecular complexity index is 984. The maximum atomic E-state index is 6.53. The molecule has 0 amide bonds. The fourth-order valence-corrected chi connectivity index (χ4v) is 5.20. The lowest BCUT2D eigenvalue weighted by atomic mass is 9.89. The van der Waals surface area contributed by atoms with Crippen LogP contribution < -0.4 is 11.1 Å². The topological polar surface area (TPSA) is 67.1 Å². The summed E-state index contributed by atoms with van der Waals surface area (Å²) in [7, 11) is 0. The first-order chi connectivity index (χ1) is 14.0. The maximum Gasteiger partial charge on any atom is 0.147 e. The van der Waals surface area contributed by atoms with Crippen LogP contribution in [0.1, 0.15) is 24.0 Å². The van der Waals surface area contributed by atoms with Crippen LogP contribution >= 0.6 is 34.5 Å². The van der Waals surface area contributed by atoms with Crippen molar-refractivity contribution in [3.63, 3.8) is 0 Å². The molecule has 1 atom stereocenters. The molecule has 154 valence electrons. The van der Waals surface area contributed by atoms with Crippen LogP contribution in [0.25, 0.3) is 10.2 Å². The third kappa shape index (κ3) is 4.84. The number of halogens is 2. The first kappa shape index (κ1) is 20.8. The van der Waals surface area contributed by atoms with Gasteiger partial charge in [0.2, 0.25) is 0 Å². The lowest BCUT2D eigenvalue weighted by Crippen LogP contribution is -2.43. The third-order valence-corrected chi connectivity index (χ3v) is 7.50. The number of nitrogens with zero attached hydrogens (tertiary/aromatic N) is 3. The first-order valence-electron chi connectivity index (χ1n) is 9.86. The van der Waals surface area contributed by atoms with Gasteiger partial charge in [-0.2, -0.15) is 0 Å². The van der Waals surface area contributed by atoms with Crippen LogP contribution in [-0.4, -0.2) is 40.5 Å². The molecule has 0 bridgehead atoms. The number of benzene rings is 1. The van der Waals surface area contributed by atoms with Crippen LogP contribution in [0.4, 0.5) is 5.82 Å². The number of thiophene rings is 1. The van der Waals surface area contributed by atoms with Crippen molar-refractivity contribution in [3.8, 4) is 0 Å². The smallest absolute Gasteiger partial charge is 0.147 e. The number of hydrogen-bond donors (Lipinski definition) is 2. The van der Waals surface area contributed by atoms with E-state index >= 15 is 0 Å². The molecule has 1 aromatic carbocycles. The first-order valence-corrected chi connectivity index (χ1v) is 11.5. The van der Waals surface area contributed by atoms with E-state index in [9.17, 15) is 0 Å². The normalized spacial score (nSPS) is 17.0. The van der Waals surface area contributed by atoms with E-state index in [0.29, 0.717) is 16.0 Å². The van der Waals surface area contributed by atoms with E-state index in [2.05, 4.69) is 32.5 Å². The van der Waals surface area contributed by atoms with Crippen LogP contribution in [0.5, 0.6) is 0 Å². The van der Waals surface area contributed by atoms with Crippen molar-refractivity contribution in [1.29, 1.82) is 0 Å². The Morgan fingerprint density at radius 3 is 2.79 bits per heavy atom. The van der Waals surface area contributed by atoms with Gasteiger partial charge in [0.1, 0.15) is 12.1 Å². The Morgan fingerprint density at radius 1 is 1.24 bits per heavy atom. The molecule has 3 heterocycles. The predicted octanol–water partition coefficient (Wildman–Crippen LogP) is 4.96. The molecule has 1 aliphatic rings. The van der Waals surface area contributed by atoms with E-state index in [0.717, 1.165) is 55.1 Å². The van der Waals surface area contributed by atoms with Gasteiger partial charge in [-0.1, -0.05) is 29.3 Å². The molecule has 0 radical (unpaired) electrons. The van der Waals surface area contributed by atoms with E-state index in [4.69, 9.17) is 28.9 Å². The molecular weight excluding hydrogens is 425 g/mol. The minimum absolute atomic E-state index is 0.105. The van der Waals surface area contributed by atoms with Gasteiger partial charge >= 0.3 is 0 Å². The van der Waals surface area contributed by atoms with Gasteiger partial charge in [-0.15, -0.1) is 11.3 Å². The molecule has 1 aliphatic heterocycles. The van der Waals surface area contributed by atoms with Gasteiger partial charge in [0, 0.05) is 19.1 Å². The average molecular weight is 450 g/mol. The molecule has 0 spiro atoms. The lowest BCUT2D eigenvalue weighted by molar-refractivity contribution is 0.164. The summed E-state index contributed by atoms with van der Waals surface area (Å²) in [6, 6.07) is 5.98. The quantitative estimate of drug-likeness (QED) is 0.556. The number of aromatic nitrogens is 2. The fourth-order valence-electron chi connectivity index (χ4n) is 3.91. The molecule has 1 saturated heterocycles. The number of fused-ring (bicyclic) bond motifs is 1.